The Morgan fingerprint density at radius 3 is 2.85 bits per heavy atom. The van der Waals surface area contributed by atoms with Crippen molar-refractivity contribution in [3.05, 3.63) is 46.9 Å². The lowest BCUT2D eigenvalue weighted by atomic mass is 9.99. The quantitative estimate of drug-likeness (QED) is 0.744. The van der Waals surface area contributed by atoms with Gasteiger partial charge in [0.15, 0.2) is 0 Å². The molecule has 4 rings (SSSR count). The van der Waals surface area contributed by atoms with Crippen LogP contribution in [0.15, 0.2) is 24.5 Å². The predicted octanol–water partition coefficient (Wildman–Crippen LogP) is 2.74. The van der Waals surface area contributed by atoms with E-state index < -0.39 is 0 Å². The zero-order chi connectivity index (χ0) is 18.4. The fourth-order valence-electron chi connectivity index (χ4n) is 3.37. The largest absolute Gasteiger partial charge is 0.343 e. The van der Waals surface area contributed by atoms with Crippen LogP contribution in [-0.2, 0) is 11.2 Å². The molecule has 0 saturated heterocycles. The molecule has 0 radical (unpaired) electrons. The Kier molecular flexibility index (Phi) is 3.72. The Labute approximate surface area is 150 Å². The van der Waals surface area contributed by atoms with Crippen molar-refractivity contribution in [3.8, 4) is 0 Å². The number of fused-ring (bicyclic) bond motifs is 2. The van der Waals surface area contributed by atoms with Crippen LogP contribution in [0.4, 0.5) is 11.5 Å². The van der Waals surface area contributed by atoms with E-state index in [9.17, 15) is 9.59 Å². The molecule has 26 heavy (non-hydrogen) atoms. The predicted molar refractivity (Wildman–Crippen MR) is 99.5 cm³/mol. The molecule has 0 atom stereocenters. The Hall–Kier alpha value is -3.22. The summed E-state index contributed by atoms with van der Waals surface area (Å²) in [6.07, 6.45) is 2.54. The topological polar surface area (TPSA) is 91.0 Å². The highest BCUT2D eigenvalue weighted by Gasteiger charge is 2.22. The first-order chi connectivity index (χ1) is 12.5. The second kappa shape index (κ2) is 5.94. The molecule has 7 heteroatoms. The van der Waals surface area contributed by atoms with Crippen LogP contribution in [0.25, 0.3) is 11.0 Å². The molecule has 7 nitrogen and oxygen atoms in total. The summed E-state index contributed by atoms with van der Waals surface area (Å²) in [6.45, 7) is 3.93. The number of amides is 2. The summed E-state index contributed by atoms with van der Waals surface area (Å²) >= 11 is 0. The number of aromatic nitrogens is 3. The van der Waals surface area contributed by atoms with E-state index in [0.29, 0.717) is 29.9 Å². The van der Waals surface area contributed by atoms with Gasteiger partial charge in [0, 0.05) is 30.4 Å². The van der Waals surface area contributed by atoms with Gasteiger partial charge in [-0.25, -0.2) is 9.97 Å². The Morgan fingerprint density at radius 1 is 1.23 bits per heavy atom. The molecule has 0 saturated carbocycles. The number of H-pyrrole nitrogens is 1. The summed E-state index contributed by atoms with van der Waals surface area (Å²) in [5.41, 5.74) is 5.12. The molecular formula is C19H19N5O2. The zero-order valence-corrected chi connectivity index (χ0v) is 14.9. The number of aryl methyl sites for hydroxylation is 3. The number of anilines is 2. The highest BCUT2D eigenvalue weighted by atomic mass is 16.2. The number of nitrogens with one attached hydrogen (secondary N) is 2. The van der Waals surface area contributed by atoms with Gasteiger partial charge < -0.3 is 15.2 Å². The fourth-order valence-corrected chi connectivity index (χ4v) is 3.37. The van der Waals surface area contributed by atoms with Gasteiger partial charge in [-0.2, -0.15) is 0 Å². The number of carbonyl (C=O) groups excluding carboxylic acids is 2. The summed E-state index contributed by atoms with van der Waals surface area (Å²) in [4.78, 5) is 37.8. The Balaban J connectivity index is 1.67. The average molecular weight is 349 g/mol. The number of benzene rings is 1. The van der Waals surface area contributed by atoms with Gasteiger partial charge in [-0.3, -0.25) is 9.59 Å². The molecule has 0 unspecified atom stereocenters. The maximum atomic E-state index is 12.7. The van der Waals surface area contributed by atoms with Crippen LogP contribution < -0.4 is 10.2 Å². The van der Waals surface area contributed by atoms with Crippen molar-refractivity contribution in [2.75, 3.05) is 17.3 Å². The minimum atomic E-state index is -0.231. The van der Waals surface area contributed by atoms with Crippen LogP contribution in [0.3, 0.4) is 0 Å². The van der Waals surface area contributed by atoms with Gasteiger partial charge in [-0.1, -0.05) is 0 Å². The van der Waals surface area contributed by atoms with Gasteiger partial charge in [0.25, 0.3) is 5.91 Å². The molecular weight excluding hydrogens is 330 g/mol. The molecule has 3 aromatic rings. The van der Waals surface area contributed by atoms with E-state index in [1.165, 1.54) is 6.33 Å². The van der Waals surface area contributed by atoms with Crippen molar-refractivity contribution in [3.63, 3.8) is 0 Å². The third-order valence-corrected chi connectivity index (χ3v) is 5.01. The molecule has 132 valence electrons. The maximum Gasteiger partial charge on any atom is 0.256 e. The van der Waals surface area contributed by atoms with Crippen LogP contribution >= 0.6 is 0 Å². The van der Waals surface area contributed by atoms with Gasteiger partial charge in [-0.05, 0) is 49.6 Å². The third-order valence-electron chi connectivity index (χ3n) is 5.01. The monoisotopic (exact) mass is 349 g/mol. The van der Waals surface area contributed by atoms with Crippen molar-refractivity contribution < 1.29 is 9.59 Å². The molecule has 3 heterocycles. The summed E-state index contributed by atoms with van der Waals surface area (Å²) in [5.74, 6) is 0.355. The van der Waals surface area contributed by atoms with Crippen LogP contribution in [0.2, 0.25) is 0 Å². The lowest BCUT2D eigenvalue weighted by molar-refractivity contribution is -0.118. The van der Waals surface area contributed by atoms with E-state index in [0.717, 1.165) is 27.9 Å². The van der Waals surface area contributed by atoms with E-state index in [2.05, 4.69) is 20.3 Å². The van der Waals surface area contributed by atoms with Crippen LogP contribution in [0.1, 0.15) is 33.6 Å². The first-order valence-electron chi connectivity index (χ1n) is 8.46. The minimum absolute atomic E-state index is 0.0939. The van der Waals surface area contributed by atoms with Gasteiger partial charge in [0.2, 0.25) is 5.91 Å². The lowest BCUT2D eigenvalue weighted by Crippen LogP contribution is -2.31. The number of hydrogen-bond acceptors (Lipinski definition) is 4. The lowest BCUT2D eigenvalue weighted by Gasteiger charge is -2.26. The SMILES string of the molecule is Cc1[nH]c2ncnc(NC(=O)c3ccc4c(c3)CCC(=O)N4C)c2c1C. The van der Waals surface area contributed by atoms with Gasteiger partial charge in [0.05, 0.1) is 5.39 Å². The first kappa shape index (κ1) is 16.3. The van der Waals surface area contributed by atoms with E-state index in [-0.39, 0.29) is 11.8 Å². The summed E-state index contributed by atoms with van der Waals surface area (Å²) in [6, 6.07) is 5.40. The molecule has 0 aliphatic carbocycles. The third kappa shape index (κ3) is 2.52. The van der Waals surface area contributed by atoms with Crippen LogP contribution in [0, 0.1) is 13.8 Å². The van der Waals surface area contributed by atoms with Crippen molar-refractivity contribution in [1.82, 2.24) is 15.0 Å². The Morgan fingerprint density at radius 2 is 2.04 bits per heavy atom. The van der Waals surface area contributed by atoms with Gasteiger partial charge in [0.1, 0.15) is 17.8 Å². The molecule has 0 fully saturated rings. The van der Waals surface area contributed by atoms with Gasteiger partial charge in [-0.15, -0.1) is 0 Å². The molecule has 1 aliphatic rings. The van der Waals surface area contributed by atoms with Crippen molar-refractivity contribution in [2.45, 2.75) is 26.7 Å². The first-order valence-corrected chi connectivity index (χ1v) is 8.46. The molecule has 1 aliphatic heterocycles. The fraction of sp³-hybridized carbons (Fsp3) is 0.263. The number of aromatic amines is 1. The number of nitrogens with zero attached hydrogens (tertiary/aromatic N) is 3. The minimum Gasteiger partial charge on any atom is -0.343 e. The molecule has 0 bridgehead atoms. The normalized spacial score (nSPS) is 13.8. The van der Waals surface area contributed by atoms with Gasteiger partial charge >= 0.3 is 0 Å². The smallest absolute Gasteiger partial charge is 0.256 e. The zero-order valence-electron chi connectivity index (χ0n) is 14.9. The van der Waals surface area contributed by atoms with Crippen molar-refractivity contribution >= 4 is 34.4 Å². The number of carbonyl (C=O) groups is 2. The van der Waals surface area contributed by atoms with E-state index in [1.807, 2.05) is 26.0 Å². The molecule has 1 aromatic carbocycles. The second-order valence-electron chi connectivity index (χ2n) is 6.57. The van der Waals surface area contributed by atoms with Crippen molar-refractivity contribution in [1.29, 1.82) is 0 Å². The Bertz CT molecular complexity index is 1050. The standard InChI is InChI=1S/C19H19N5O2/c1-10-11(2)22-17-16(10)18(21-9-20-17)23-19(26)13-4-6-14-12(8-13)5-7-15(25)24(14)3/h4,6,8-9H,5,7H2,1-3H3,(H2,20,21,22,23,26). The number of hydrogen-bond donors (Lipinski definition) is 2. The highest BCUT2D eigenvalue weighted by molar-refractivity contribution is 6.08. The summed E-state index contributed by atoms with van der Waals surface area (Å²) in [5, 5.41) is 3.71. The highest BCUT2D eigenvalue weighted by Crippen LogP contribution is 2.29. The van der Waals surface area contributed by atoms with Crippen LogP contribution in [0.5, 0.6) is 0 Å². The molecule has 0 spiro atoms. The van der Waals surface area contributed by atoms with E-state index >= 15 is 0 Å². The number of rotatable bonds is 2. The van der Waals surface area contributed by atoms with E-state index in [4.69, 9.17) is 0 Å². The van der Waals surface area contributed by atoms with Crippen molar-refractivity contribution in [2.24, 2.45) is 0 Å². The summed E-state index contributed by atoms with van der Waals surface area (Å²) in [7, 11) is 1.76. The molecule has 2 aromatic heterocycles. The average Bonchev–Trinajstić information content (AvgIpc) is 2.93. The summed E-state index contributed by atoms with van der Waals surface area (Å²) < 4.78 is 0. The van der Waals surface area contributed by atoms with E-state index in [1.54, 1.807) is 18.0 Å². The second-order valence-corrected chi connectivity index (χ2v) is 6.57. The maximum absolute atomic E-state index is 12.7. The van der Waals surface area contributed by atoms with Crippen LogP contribution in [-0.4, -0.2) is 33.8 Å². The molecule has 2 amide bonds. The molecule has 2 N–H and O–H groups in total.